The van der Waals surface area contributed by atoms with Gasteiger partial charge in [0.1, 0.15) is 6.17 Å². The van der Waals surface area contributed by atoms with Crippen molar-refractivity contribution < 1.29 is 9.90 Å². The zero-order valence-corrected chi connectivity index (χ0v) is 20.6. The number of para-hydroxylation sites is 1. The number of unbranched alkanes of at least 4 members (excludes halogenated alkanes) is 1. The Bertz CT molecular complexity index is 811. The summed E-state index contributed by atoms with van der Waals surface area (Å²) in [7, 11) is 2.10. The van der Waals surface area contributed by atoms with E-state index in [1.54, 1.807) is 0 Å². The van der Waals surface area contributed by atoms with Gasteiger partial charge in [-0.05, 0) is 37.7 Å². The summed E-state index contributed by atoms with van der Waals surface area (Å²) in [6.07, 6.45) is 12.5. The van der Waals surface area contributed by atoms with Crippen LogP contribution in [0.25, 0.3) is 0 Å². The van der Waals surface area contributed by atoms with E-state index in [2.05, 4.69) is 48.5 Å². The number of likely N-dealkylation sites (N-methyl/N-ethyl adjacent to an activating group) is 1. The van der Waals surface area contributed by atoms with Gasteiger partial charge in [-0.2, -0.15) is 0 Å². The van der Waals surface area contributed by atoms with Crippen molar-refractivity contribution >= 4 is 17.3 Å². The van der Waals surface area contributed by atoms with Crippen molar-refractivity contribution in [1.29, 1.82) is 0 Å². The first-order valence-electron chi connectivity index (χ1n) is 13.4. The number of hydrogen-bond donors (Lipinski definition) is 2. The van der Waals surface area contributed by atoms with Gasteiger partial charge in [0.05, 0.1) is 18.6 Å². The lowest BCUT2D eigenvalue weighted by atomic mass is 9.89. The van der Waals surface area contributed by atoms with Gasteiger partial charge in [-0.15, -0.1) is 0 Å². The standard InChI is InChI=1S/C28H43N3O2/c1-3-4-15-25(32)23(18-20-16-17-20)28(33)30-26-19-31(2)24-14-10-9-13-22(24)27(29-26)21-11-7-5-6-8-12-21/h9-10,13-14,20-21,23,25-26,32H,3-8,11-12,15-19H2,1-2H3,(H,30,33). The maximum absolute atomic E-state index is 13.5. The highest BCUT2D eigenvalue weighted by Gasteiger charge is 2.35. The quantitative estimate of drug-likeness (QED) is 0.498. The zero-order valence-electron chi connectivity index (χ0n) is 20.6. The second-order valence-corrected chi connectivity index (χ2v) is 10.6. The molecule has 3 aliphatic rings. The summed E-state index contributed by atoms with van der Waals surface area (Å²) in [5.41, 5.74) is 3.60. The lowest BCUT2D eigenvalue weighted by Gasteiger charge is -2.26. The lowest BCUT2D eigenvalue weighted by Crippen LogP contribution is -2.46. The van der Waals surface area contributed by atoms with E-state index >= 15 is 0 Å². The molecule has 1 heterocycles. The van der Waals surface area contributed by atoms with E-state index in [0.717, 1.165) is 19.3 Å². The SMILES string of the molecule is CCCCC(O)C(CC1CC1)C(=O)NC1CN(C)c2ccccc2C(C2CCCCCC2)=N1. The molecule has 1 aliphatic heterocycles. The molecule has 1 amide bonds. The van der Waals surface area contributed by atoms with Crippen molar-refractivity contribution in [1.82, 2.24) is 5.32 Å². The van der Waals surface area contributed by atoms with E-state index in [-0.39, 0.29) is 18.0 Å². The molecule has 1 aromatic carbocycles. The molecule has 0 spiro atoms. The number of benzene rings is 1. The Kier molecular flexibility index (Phi) is 8.45. The molecule has 5 nitrogen and oxygen atoms in total. The minimum absolute atomic E-state index is 0.0150. The number of amides is 1. The Labute approximate surface area is 200 Å². The monoisotopic (exact) mass is 453 g/mol. The first-order chi connectivity index (χ1) is 16.1. The molecule has 0 bridgehead atoms. The lowest BCUT2D eigenvalue weighted by molar-refractivity contribution is -0.129. The number of aliphatic hydroxyl groups is 1. The van der Waals surface area contributed by atoms with Crippen LogP contribution in [-0.4, -0.2) is 42.6 Å². The third-order valence-electron chi connectivity index (χ3n) is 7.82. The Balaban J connectivity index is 1.56. The number of hydrogen-bond acceptors (Lipinski definition) is 4. The molecular weight excluding hydrogens is 410 g/mol. The molecule has 0 radical (unpaired) electrons. The number of aliphatic imine (C=N–C) groups is 1. The molecule has 3 unspecified atom stereocenters. The van der Waals surface area contributed by atoms with Crippen LogP contribution in [0.15, 0.2) is 29.3 Å². The number of carbonyl (C=O) groups excluding carboxylic acids is 1. The number of rotatable bonds is 9. The first kappa shape index (κ1) is 24.3. The largest absolute Gasteiger partial charge is 0.392 e. The van der Waals surface area contributed by atoms with Gasteiger partial charge in [-0.3, -0.25) is 9.79 Å². The number of nitrogens with one attached hydrogen (secondary N) is 1. The Hall–Kier alpha value is -1.88. The van der Waals surface area contributed by atoms with Crippen LogP contribution in [0, 0.1) is 17.8 Å². The van der Waals surface area contributed by atoms with Crippen LogP contribution in [0.4, 0.5) is 5.69 Å². The van der Waals surface area contributed by atoms with Crippen LogP contribution in [0.1, 0.15) is 89.5 Å². The highest BCUT2D eigenvalue weighted by Crippen LogP contribution is 2.37. The molecule has 33 heavy (non-hydrogen) atoms. The van der Waals surface area contributed by atoms with Crippen molar-refractivity contribution in [2.75, 3.05) is 18.5 Å². The molecule has 0 aromatic heterocycles. The molecule has 3 atom stereocenters. The fourth-order valence-corrected chi connectivity index (χ4v) is 5.65. The van der Waals surface area contributed by atoms with Gasteiger partial charge >= 0.3 is 0 Å². The fourth-order valence-electron chi connectivity index (χ4n) is 5.65. The number of nitrogens with zero attached hydrogens (tertiary/aromatic N) is 2. The highest BCUT2D eigenvalue weighted by molar-refractivity contribution is 6.07. The Morgan fingerprint density at radius 2 is 1.88 bits per heavy atom. The second-order valence-electron chi connectivity index (χ2n) is 10.6. The van der Waals surface area contributed by atoms with Gasteiger partial charge in [0.25, 0.3) is 0 Å². The van der Waals surface area contributed by atoms with Gasteiger partial charge in [0.2, 0.25) is 5.91 Å². The summed E-state index contributed by atoms with van der Waals surface area (Å²) in [4.78, 5) is 20.9. The van der Waals surface area contributed by atoms with Crippen LogP contribution >= 0.6 is 0 Å². The zero-order chi connectivity index (χ0) is 23.2. The number of fused-ring (bicyclic) bond motifs is 1. The minimum Gasteiger partial charge on any atom is -0.392 e. The summed E-state index contributed by atoms with van der Waals surface area (Å²) in [5, 5.41) is 14.1. The number of benzodiazepines with no additional fused rings is 1. The molecule has 1 aromatic rings. The minimum atomic E-state index is -0.559. The smallest absolute Gasteiger partial charge is 0.227 e. The molecule has 2 N–H and O–H groups in total. The van der Waals surface area contributed by atoms with E-state index in [0.29, 0.717) is 24.8 Å². The van der Waals surface area contributed by atoms with Crippen molar-refractivity contribution in [3.05, 3.63) is 29.8 Å². The van der Waals surface area contributed by atoms with Crippen LogP contribution < -0.4 is 10.2 Å². The second kappa shape index (κ2) is 11.5. The van der Waals surface area contributed by atoms with E-state index in [1.807, 2.05) is 0 Å². The Morgan fingerprint density at radius 1 is 1.15 bits per heavy atom. The summed E-state index contributed by atoms with van der Waals surface area (Å²) in [6.45, 7) is 2.78. The van der Waals surface area contributed by atoms with Gasteiger partial charge in [-0.1, -0.05) is 76.5 Å². The molecule has 182 valence electrons. The van der Waals surface area contributed by atoms with Gasteiger partial charge in [0.15, 0.2) is 0 Å². The van der Waals surface area contributed by atoms with E-state index in [4.69, 9.17) is 4.99 Å². The highest BCUT2D eigenvalue weighted by atomic mass is 16.3. The predicted molar refractivity (Wildman–Crippen MR) is 136 cm³/mol. The molecular formula is C28H43N3O2. The summed E-state index contributed by atoms with van der Waals surface area (Å²) >= 11 is 0. The molecule has 2 aliphatic carbocycles. The van der Waals surface area contributed by atoms with Crippen LogP contribution in [0.5, 0.6) is 0 Å². The summed E-state index contributed by atoms with van der Waals surface area (Å²) in [6, 6.07) is 8.57. The number of carbonyl (C=O) groups is 1. The average molecular weight is 454 g/mol. The number of aliphatic hydroxyl groups excluding tert-OH is 1. The third-order valence-corrected chi connectivity index (χ3v) is 7.82. The summed E-state index contributed by atoms with van der Waals surface area (Å²) < 4.78 is 0. The van der Waals surface area contributed by atoms with Crippen molar-refractivity contribution in [2.45, 2.75) is 96.2 Å². The topological polar surface area (TPSA) is 64.9 Å². The molecule has 4 rings (SSSR count). The summed E-state index contributed by atoms with van der Waals surface area (Å²) in [5.74, 6) is 0.718. The molecule has 2 saturated carbocycles. The van der Waals surface area contributed by atoms with E-state index in [9.17, 15) is 9.90 Å². The van der Waals surface area contributed by atoms with Gasteiger partial charge in [-0.25, -0.2) is 0 Å². The Morgan fingerprint density at radius 3 is 2.58 bits per heavy atom. The molecule has 0 saturated heterocycles. The van der Waals surface area contributed by atoms with Crippen LogP contribution in [0.2, 0.25) is 0 Å². The maximum Gasteiger partial charge on any atom is 0.227 e. The van der Waals surface area contributed by atoms with Gasteiger partial charge < -0.3 is 15.3 Å². The maximum atomic E-state index is 13.5. The predicted octanol–water partition coefficient (Wildman–Crippen LogP) is 5.31. The third kappa shape index (κ3) is 6.38. The van der Waals surface area contributed by atoms with E-state index < -0.39 is 6.10 Å². The van der Waals surface area contributed by atoms with Crippen molar-refractivity contribution in [3.8, 4) is 0 Å². The average Bonchev–Trinajstić information content (AvgIpc) is 3.66. The number of anilines is 1. The first-order valence-corrected chi connectivity index (χ1v) is 13.4. The van der Waals surface area contributed by atoms with E-state index in [1.165, 1.54) is 68.3 Å². The van der Waals surface area contributed by atoms with Crippen molar-refractivity contribution in [3.63, 3.8) is 0 Å². The van der Waals surface area contributed by atoms with Gasteiger partial charge in [0, 0.05) is 29.9 Å². The van der Waals surface area contributed by atoms with Crippen LogP contribution in [0.3, 0.4) is 0 Å². The van der Waals surface area contributed by atoms with Crippen LogP contribution in [-0.2, 0) is 4.79 Å². The van der Waals surface area contributed by atoms with Crippen molar-refractivity contribution in [2.24, 2.45) is 22.7 Å². The molecule has 2 fully saturated rings. The fraction of sp³-hybridized carbons (Fsp3) is 0.714. The normalized spacial score (nSPS) is 23.7. The molecule has 5 heteroatoms.